The number of benzene rings is 3. The number of Topliss-reactive ketones (excluding diaryl/α,β-unsaturated/α-hetero) is 1. The van der Waals surface area contributed by atoms with Crippen LogP contribution in [0.5, 0.6) is 11.5 Å². The average molecular weight is 632 g/mol. The molecule has 13 heteroatoms. The van der Waals surface area contributed by atoms with Crippen LogP contribution in [-0.4, -0.2) is 40.0 Å². The highest BCUT2D eigenvalue weighted by atomic mass is 35.5. The van der Waals surface area contributed by atoms with Gasteiger partial charge >= 0.3 is 0 Å². The number of nitrogens with zero attached hydrogens (tertiary/aromatic N) is 1. The lowest BCUT2D eigenvalue weighted by Crippen LogP contribution is -2.35. The molecule has 0 radical (unpaired) electrons. The first-order chi connectivity index (χ1) is 18.3. The van der Waals surface area contributed by atoms with Gasteiger partial charge < -0.3 is 4.74 Å². The fraction of sp³-hybridized carbons (Fsp3) is 0.269. The minimum Gasteiger partial charge on any atom is -0.455 e. The molecule has 8 nitrogen and oxygen atoms in total. The lowest BCUT2D eigenvalue weighted by atomic mass is 10.1. The van der Waals surface area contributed by atoms with E-state index in [4.69, 9.17) is 39.5 Å². The number of rotatable bonds is 8. The molecule has 0 spiro atoms. The molecular formula is C26H25Cl3N2O6S2. The van der Waals surface area contributed by atoms with Crippen molar-refractivity contribution in [2.45, 2.75) is 42.9 Å². The first-order valence-corrected chi connectivity index (χ1v) is 16.0. The smallest absolute Gasteiger partial charge is 0.263 e. The fourth-order valence-corrected chi connectivity index (χ4v) is 8.05. The van der Waals surface area contributed by atoms with E-state index < -0.39 is 25.8 Å². The highest BCUT2D eigenvalue weighted by Gasteiger charge is 2.28. The molecule has 0 saturated carbocycles. The van der Waals surface area contributed by atoms with Crippen LogP contribution in [0, 0.1) is 6.92 Å². The Hall–Kier alpha value is -2.34. The van der Waals surface area contributed by atoms with Crippen LogP contribution in [0.2, 0.25) is 15.1 Å². The summed E-state index contributed by atoms with van der Waals surface area (Å²) < 4.78 is 61.8. The van der Waals surface area contributed by atoms with Gasteiger partial charge in [-0.1, -0.05) is 41.2 Å². The molecule has 1 N–H and O–H groups in total. The van der Waals surface area contributed by atoms with Crippen molar-refractivity contribution >= 4 is 66.3 Å². The van der Waals surface area contributed by atoms with Gasteiger partial charge in [-0.15, -0.1) is 0 Å². The topological polar surface area (TPSA) is 110 Å². The number of halogens is 3. The zero-order valence-corrected chi connectivity index (χ0v) is 24.9. The van der Waals surface area contributed by atoms with Crippen LogP contribution >= 0.6 is 34.8 Å². The Bertz CT molecular complexity index is 1650. The van der Waals surface area contributed by atoms with E-state index in [0.717, 1.165) is 19.3 Å². The van der Waals surface area contributed by atoms with Crippen molar-refractivity contribution in [2.24, 2.45) is 0 Å². The Kier molecular flexibility index (Phi) is 8.85. The second-order valence-corrected chi connectivity index (χ2v) is 13.9. The summed E-state index contributed by atoms with van der Waals surface area (Å²) in [6.45, 7) is 3.92. The molecule has 1 aliphatic rings. The standard InChI is InChI=1S/C26H25Cl3N2O6S2/c1-16-12-20(7-9-24(16)39(35,36)31-10-4-3-5-11-31)37-26-21(17(2)32)14-19(15-23(26)29)30-38(33,34)25-8-6-18(27)13-22(25)28/h6-9,12-15,30H,3-5,10-11H2,1-2H3. The summed E-state index contributed by atoms with van der Waals surface area (Å²) in [4.78, 5) is 12.5. The van der Waals surface area contributed by atoms with Gasteiger partial charge in [0.25, 0.3) is 10.0 Å². The quantitative estimate of drug-likeness (QED) is 0.270. The Morgan fingerprint density at radius 1 is 0.872 bits per heavy atom. The third-order valence-electron chi connectivity index (χ3n) is 6.16. The van der Waals surface area contributed by atoms with E-state index >= 15 is 0 Å². The minimum atomic E-state index is -4.14. The van der Waals surface area contributed by atoms with Crippen LogP contribution in [0.4, 0.5) is 5.69 Å². The molecular weight excluding hydrogens is 607 g/mol. The summed E-state index contributed by atoms with van der Waals surface area (Å²) >= 11 is 18.4. The predicted octanol–water partition coefficient (Wildman–Crippen LogP) is 6.93. The molecule has 0 unspecified atom stereocenters. The number of ketones is 1. The largest absolute Gasteiger partial charge is 0.455 e. The maximum atomic E-state index is 13.1. The molecule has 1 aliphatic heterocycles. The molecule has 3 aromatic carbocycles. The molecule has 208 valence electrons. The fourth-order valence-electron chi connectivity index (χ4n) is 4.26. The maximum Gasteiger partial charge on any atom is 0.263 e. The van der Waals surface area contributed by atoms with Crippen molar-refractivity contribution < 1.29 is 26.4 Å². The second kappa shape index (κ2) is 11.6. The summed E-state index contributed by atoms with van der Waals surface area (Å²) in [5.41, 5.74) is 0.510. The third-order valence-corrected chi connectivity index (χ3v) is 10.6. The molecule has 1 fully saturated rings. The van der Waals surface area contributed by atoms with E-state index in [2.05, 4.69) is 4.72 Å². The molecule has 1 saturated heterocycles. The Morgan fingerprint density at radius 2 is 1.54 bits per heavy atom. The molecule has 0 atom stereocenters. The highest BCUT2D eigenvalue weighted by Crippen LogP contribution is 2.38. The van der Waals surface area contributed by atoms with Crippen molar-refractivity contribution in [1.29, 1.82) is 0 Å². The monoisotopic (exact) mass is 630 g/mol. The molecule has 3 aromatic rings. The summed E-state index contributed by atoms with van der Waals surface area (Å²) in [5.74, 6) is -0.169. The number of anilines is 1. The average Bonchev–Trinajstić information content (AvgIpc) is 2.85. The number of hydrogen-bond acceptors (Lipinski definition) is 6. The van der Waals surface area contributed by atoms with E-state index in [1.54, 1.807) is 13.0 Å². The van der Waals surface area contributed by atoms with Gasteiger partial charge in [0.05, 0.1) is 26.2 Å². The van der Waals surface area contributed by atoms with E-state index in [0.29, 0.717) is 18.7 Å². The molecule has 0 amide bonds. The second-order valence-electron chi connectivity index (χ2n) is 9.07. The molecule has 39 heavy (non-hydrogen) atoms. The molecule has 1 heterocycles. The van der Waals surface area contributed by atoms with Gasteiger partial charge in [-0.25, -0.2) is 16.8 Å². The van der Waals surface area contributed by atoms with Crippen molar-refractivity contribution in [3.05, 3.63) is 74.7 Å². The van der Waals surface area contributed by atoms with E-state index in [1.807, 2.05) is 0 Å². The van der Waals surface area contributed by atoms with Crippen LogP contribution in [-0.2, 0) is 20.0 Å². The van der Waals surface area contributed by atoms with Gasteiger partial charge in [0.15, 0.2) is 11.5 Å². The van der Waals surface area contributed by atoms with E-state index in [1.165, 1.54) is 53.7 Å². The number of sulfonamides is 2. The van der Waals surface area contributed by atoms with E-state index in [-0.39, 0.29) is 47.6 Å². The predicted molar refractivity (Wildman–Crippen MR) is 153 cm³/mol. The highest BCUT2D eigenvalue weighted by molar-refractivity contribution is 7.92. The first-order valence-electron chi connectivity index (χ1n) is 11.9. The molecule has 0 bridgehead atoms. The van der Waals surface area contributed by atoms with Crippen LogP contribution < -0.4 is 9.46 Å². The van der Waals surface area contributed by atoms with Crippen molar-refractivity contribution in [2.75, 3.05) is 17.8 Å². The number of nitrogens with one attached hydrogen (secondary N) is 1. The van der Waals surface area contributed by atoms with Crippen molar-refractivity contribution in [3.63, 3.8) is 0 Å². The molecule has 4 rings (SSSR count). The lowest BCUT2D eigenvalue weighted by Gasteiger charge is -2.26. The van der Waals surface area contributed by atoms with Gasteiger partial charge in [-0.3, -0.25) is 9.52 Å². The van der Waals surface area contributed by atoms with Crippen molar-refractivity contribution in [3.8, 4) is 11.5 Å². The summed E-state index contributed by atoms with van der Waals surface area (Å²) in [5, 5.41) is 0.161. The third kappa shape index (κ3) is 6.53. The molecule has 0 aromatic heterocycles. The van der Waals surface area contributed by atoms with Crippen LogP contribution in [0.1, 0.15) is 42.1 Å². The summed E-state index contributed by atoms with van der Waals surface area (Å²) in [6, 6.07) is 11.1. The normalized spacial score (nSPS) is 14.7. The van der Waals surface area contributed by atoms with Gasteiger partial charge in [0, 0.05) is 18.1 Å². The summed E-state index contributed by atoms with van der Waals surface area (Å²) in [6.07, 6.45) is 2.65. The maximum absolute atomic E-state index is 13.1. The van der Waals surface area contributed by atoms with Gasteiger partial charge in [-0.05, 0) is 80.8 Å². The number of carbonyl (C=O) groups is 1. The van der Waals surface area contributed by atoms with Crippen molar-refractivity contribution in [1.82, 2.24) is 4.31 Å². The number of hydrogen-bond donors (Lipinski definition) is 1. The van der Waals surface area contributed by atoms with Crippen LogP contribution in [0.25, 0.3) is 0 Å². The Morgan fingerprint density at radius 3 is 2.15 bits per heavy atom. The van der Waals surface area contributed by atoms with Gasteiger partial charge in [0.1, 0.15) is 10.6 Å². The SMILES string of the molecule is CC(=O)c1cc(NS(=O)(=O)c2ccc(Cl)cc2Cl)cc(Cl)c1Oc1ccc(S(=O)(=O)N2CCCCC2)c(C)c1. The van der Waals surface area contributed by atoms with Crippen LogP contribution in [0.3, 0.4) is 0 Å². The summed E-state index contributed by atoms with van der Waals surface area (Å²) in [7, 11) is -7.79. The zero-order valence-electron chi connectivity index (χ0n) is 21.0. The Labute approximate surface area is 242 Å². The lowest BCUT2D eigenvalue weighted by molar-refractivity contribution is 0.101. The molecule has 0 aliphatic carbocycles. The van der Waals surface area contributed by atoms with Gasteiger partial charge in [0.2, 0.25) is 10.0 Å². The number of carbonyl (C=O) groups excluding carboxylic acids is 1. The van der Waals surface area contributed by atoms with Crippen LogP contribution in [0.15, 0.2) is 58.3 Å². The van der Waals surface area contributed by atoms with E-state index in [9.17, 15) is 21.6 Å². The number of aryl methyl sites for hydroxylation is 1. The minimum absolute atomic E-state index is 0.00248. The zero-order chi connectivity index (χ0) is 28.5. The van der Waals surface area contributed by atoms with Gasteiger partial charge in [-0.2, -0.15) is 4.31 Å². The number of piperidine rings is 1. The Balaban J connectivity index is 1.63. The number of ether oxygens (including phenoxy) is 1. The first kappa shape index (κ1) is 29.6.